The number of hydrogen-bond donors (Lipinski definition) is 1. The van der Waals surface area contributed by atoms with Crippen molar-refractivity contribution in [3.63, 3.8) is 0 Å². The van der Waals surface area contributed by atoms with Crippen LogP contribution in [0.4, 0.5) is 15.9 Å². The van der Waals surface area contributed by atoms with Crippen LogP contribution >= 0.6 is 11.6 Å². The van der Waals surface area contributed by atoms with Crippen LogP contribution in [0.1, 0.15) is 11.3 Å². The summed E-state index contributed by atoms with van der Waals surface area (Å²) in [7, 11) is 0. The van der Waals surface area contributed by atoms with Crippen LogP contribution in [0.25, 0.3) is 0 Å². The first-order chi connectivity index (χ1) is 8.60. The smallest absolute Gasteiger partial charge is 0.224 e. The number of nitriles is 1. The second-order valence-corrected chi connectivity index (χ2v) is 3.90. The van der Waals surface area contributed by atoms with E-state index < -0.39 is 5.82 Å². The number of rotatable bonds is 2. The number of aryl methyl sites for hydroxylation is 1. The highest BCUT2D eigenvalue weighted by molar-refractivity contribution is 6.28. The van der Waals surface area contributed by atoms with Gasteiger partial charge in [0, 0.05) is 11.8 Å². The molecule has 0 spiro atoms. The molecule has 0 fully saturated rings. The van der Waals surface area contributed by atoms with E-state index in [9.17, 15) is 4.39 Å². The van der Waals surface area contributed by atoms with Gasteiger partial charge in [-0.25, -0.2) is 14.4 Å². The lowest BCUT2D eigenvalue weighted by atomic mass is 10.2. The van der Waals surface area contributed by atoms with Gasteiger partial charge in [0.25, 0.3) is 0 Å². The molecule has 0 amide bonds. The van der Waals surface area contributed by atoms with Crippen LogP contribution in [0, 0.1) is 24.1 Å². The third kappa shape index (κ3) is 2.55. The molecule has 90 valence electrons. The van der Waals surface area contributed by atoms with E-state index in [1.165, 1.54) is 12.1 Å². The Morgan fingerprint density at radius 2 is 2.17 bits per heavy atom. The number of nitrogens with one attached hydrogen (secondary N) is 1. The Morgan fingerprint density at radius 3 is 2.83 bits per heavy atom. The fourth-order valence-electron chi connectivity index (χ4n) is 1.48. The summed E-state index contributed by atoms with van der Waals surface area (Å²) in [5.74, 6) is -0.172. The number of hydrogen-bond acceptors (Lipinski definition) is 4. The van der Waals surface area contributed by atoms with Crippen molar-refractivity contribution < 1.29 is 4.39 Å². The van der Waals surface area contributed by atoms with Crippen molar-refractivity contribution in [3.8, 4) is 6.07 Å². The summed E-state index contributed by atoms with van der Waals surface area (Å²) in [6.45, 7) is 1.76. The van der Waals surface area contributed by atoms with Crippen LogP contribution in [-0.2, 0) is 0 Å². The first-order valence-corrected chi connectivity index (χ1v) is 5.45. The summed E-state index contributed by atoms with van der Waals surface area (Å²) in [5, 5.41) is 11.8. The highest BCUT2D eigenvalue weighted by Gasteiger charge is 2.09. The van der Waals surface area contributed by atoms with E-state index in [2.05, 4.69) is 15.3 Å². The molecule has 0 unspecified atom stereocenters. The molecule has 0 saturated carbocycles. The lowest BCUT2D eigenvalue weighted by Crippen LogP contribution is -1.99. The van der Waals surface area contributed by atoms with Gasteiger partial charge < -0.3 is 5.32 Å². The largest absolute Gasteiger partial charge is 0.339 e. The van der Waals surface area contributed by atoms with Crippen LogP contribution in [0.15, 0.2) is 24.3 Å². The molecule has 1 N–H and O–H groups in total. The summed E-state index contributed by atoms with van der Waals surface area (Å²) >= 11 is 5.72. The molecule has 1 aromatic carbocycles. The van der Waals surface area contributed by atoms with E-state index in [0.29, 0.717) is 17.2 Å². The van der Waals surface area contributed by atoms with E-state index in [4.69, 9.17) is 16.9 Å². The first-order valence-electron chi connectivity index (χ1n) is 5.07. The van der Waals surface area contributed by atoms with E-state index in [1.54, 1.807) is 25.1 Å². The Kier molecular flexibility index (Phi) is 3.40. The van der Waals surface area contributed by atoms with Crippen LogP contribution < -0.4 is 5.32 Å². The highest BCUT2D eigenvalue weighted by atomic mass is 35.5. The molecular formula is C12H8ClFN4. The quantitative estimate of drug-likeness (QED) is 0.845. The van der Waals surface area contributed by atoms with Crippen LogP contribution in [-0.4, -0.2) is 9.97 Å². The lowest BCUT2D eigenvalue weighted by Gasteiger charge is -2.08. The molecule has 2 rings (SSSR count). The van der Waals surface area contributed by atoms with Gasteiger partial charge in [0.2, 0.25) is 5.28 Å². The summed E-state index contributed by atoms with van der Waals surface area (Å²) in [5.41, 5.74) is 0.948. The standard InChI is InChI=1S/C12H8ClFN4/c1-7-5-11(18-12(13)16-7)17-10-4-2-3-9(14)8(10)6-15/h2-5H,1H3,(H,16,17,18). The van der Waals surface area contributed by atoms with Crippen molar-refractivity contribution in [1.82, 2.24) is 9.97 Å². The molecule has 6 heteroatoms. The summed E-state index contributed by atoms with van der Waals surface area (Å²) in [6, 6.07) is 7.77. The number of benzene rings is 1. The number of aromatic nitrogens is 2. The zero-order valence-corrected chi connectivity index (χ0v) is 10.2. The fourth-order valence-corrected chi connectivity index (χ4v) is 1.70. The van der Waals surface area contributed by atoms with Gasteiger partial charge in [0.1, 0.15) is 23.3 Å². The Bertz CT molecular complexity index is 616. The Balaban J connectivity index is 2.40. The molecule has 1 heterocycles. The second-order valence-electron chi connectivity index (χ2n) is 3.56. The second kappa shape index (κ2) is 4.98. The van der Waals surface area contributed by atoms with Crippen LogP contribution in [0.5, 0.6) is 0 Å². The van der Waals surface area contributed by atoms with Gasteiger partial charge in [0.05, 0.1) is 5.69 Å². The third-order valence-corrected chi connectivity index (χ3v) is 2.38. The summed E-state index contributed by atoms with van der Waals surface area (Å²) in [6.07, 6.45) is 0. The third-order valence-electron chi connectivity index (χ3n) is 2.22. The minimum atomic E-state index is -0.584. The monoisotopic (exact) mass is 262 g/mol. The average Bonchev–Trinajstić information content (AvgIpc) is 2.27. The SMILES string of the molecule is Cc1cc(Nc2cccc(F)c2C#N)nc(Cl)n1. The molecule has 18 heavy (non-hydrogen) atoms. The Hall–Kier alpha value is -2.19. The van der Waals surface area contributed by atoms with Crippen LogP contribution in [0.2, 0.25) is 5.28 Å². The molecule has 0 aliphatic heterocycles. The summed E-state index contributed by atoms with van der Waals surface area (Å²) in [4.78, 5) is 7.86. The Morgan fingerprint density at radius 1 is 1.39 bits per heavy atom. The fraction of sp³-hybridized carbons (Fsp3) is 0.0833. The molecule has 1 aromatic heterocycles. The van der Waals surface area contributed by atoms with Gasteiger partial charge >= 0.3 is 0 Å². The molecule has 0 aliphatic rings. The van der Waals surface area contributed by atoms with E-state index in [-0.39, 0.29) is 10.8 Å². The van der Waals surface area contributed by atoms with Crippen molar-refractivity contribution in [2.45, 2.75) is 6.92 Å². The zero-order valence-electron chi connectivity index (χ0n) is 9.41. The number of anilines is 2. The normalized spacial score (nSPS) is 9.89. The predicted molar refractivity (Wildman–Crippen MR) is 66.2 cm³/mol. The zero-order chi connectivity index (χ0) is 13.1. The Labute approximate surface area is 108 Å². The van der Waals surface area contributed by atoms with Crippen LogP contribution in [0.3, 0.4) is 0 Å². The molecule has 0 aliphatic carbocycles. The van der Waals surface area contributed by atoms with Gasteiger partial charge in [-0.15, -0.1) is 0 Å². The minimum absolute atomic E-state index is 0.0649. The van der Waals surface area contributed by atoms with Crippen molar-refractivity contribution >= 4 is 23.1 Å². The average molecular weight is 263 g/mol. The summed E-state index contributed by atoms with van der Waals surface area (Å²) < 4.78 is 13.4. The topological polar surface area (TPSA) is 61.6 Å². The minimum Gasteiger partial charge on any atom is -0.339 e. The maximum atomic E-state index is 13.4. The molecule has 0 saturated heterocycles. The van der Waals surface area contributed by atoms with Gasteiger partial charge in [-0.3, -0.25) is 0 Å². The van der Waals surface area contributed by atoms with E-state index >= 15 is 0 Å². The van der Waals surface area contributed by atoms with Crippen molar-refractivity contribution in [1.29, 1.82) is 5.26 Å². The first kappa shape index (κ1) is 12.3. The van der Waals surface area contributed by atoms with Gasteiger partial charge in [-0.1, -0.05) is 6.07 Å². The molecule has 2 aromatic rings. The molecule has 0 bridgehead atoms. The number of halogens is 2. The van der Waals surface area contributed by atoms with Crippen molar-refractivity contribution in [2.75, 3.05) is 5.32 Å². The number of nitrogens with zero attached hydrogens (tertiary/aromatic N) is 3. The predicted octanol–water partition coefficient (Wildman–Crippen LogP) is 3.19. The van der Waals surface area contributed by atoms with Gasteiger partial charge in [-0.2, -0.15) is 5.26 Å². The molecule has 4 nitrogen and oxygen atoms in total. The van der Waals surface area contributed by atoms with Crippen molar-refractivity contribution in [2.24, 2.45) is 0 Å². The highest BCUT2D eigenvalue weighted by Crippen LogP contribution is 2.22. The maximum absolute atomic E-state index is 13.4. The van der Waals surface area contributed by atoms with Gasteiger partial charge in [0.15, 0.2) is 0 Å². The maximum Gasteiger partial charge on any atom is 0.224 e. The lowest BCUT2D eigenvalue weighted by molar-refractivity contribution is 0.624. The van der Waals surface area contributed by atoms with Gasteiger partial charge in [-0.05, 0) is 30.7 Å². The van der Waals surface area contributed by atoms with E-state index in [0.717, 1.165) is 0 Å². The molecule has 0 radical (unpaired) electrons. The molecule has 0 atom stereocenters. The van der Waals surface area contributed by atoms with Crippen molar-refractivity contribution in [3.05, 3.63) is 46.6 Å². The molecular weight excluding hydrogens is 255 g/mol. The van der Waals surface area contributed by atoms with E-state index in [1.807, 2.05) is 0 Å².